The second kappa shape index (κ2) is 5.43. The standard InChI is InChI=1S/C17H19FO/c1-17(2,3)14-7-9-16(10-8-14)19-12-13-5-4-6-15(18)11-13/h4-11H,12H2,1-3H3. The molecule has 19 heavy (non-hydrogen) atoms. The van der Waals surface area contributed by atoms with Gasteiger partial charge in [-0.2, -0.15) is 0 Å². The third-order valence-corrected chi connectivity index (χ3v) is 3.01. The van der Waals surface area contributed by atoms with Crippen molar-refractivity contribution in [3.05, 3.63) is 65.5 Å². The van der Waals surface area contributed by atoms with E-state index in [1.807, 2.05) is 18.2 Å². The van der Waals surface area contributed by atoms with Crippen molar-refractivity contribution in [2.24, 2.45) is 0 Å². The molecule has 1 nitrogen and oxygen atoms in total. The summed E-state index contributed by atoms with van der Waals surface area (Å²) < 4.78 is 18.7. The monoisotopic (exact) mass is 258 g/mol. The molecule has 2 rings (SSSR count). The van der Waals surface area contributed by atoms with Crippen molar-refractivity contribution in [1.29, 1.82) is 0 Å². The van der Waals surface area contributed by atoms with Gasteiger partial charge in [0, 0.05) is 0 Å². The Morgan fingerprint density at radius 2 is 1.68 bits per heavy atom. The van der Waals surface area contributed by atoms with Crippen LogP contribution in [0.1, 0.15) is 31.9 Å². The zero-order chi connectivity index (χ0) is 13.9. The molecular weight excluding hydrogens is 239 g/mol. The lowest BCUT2D eigenvalue weighted by Gasteiger charge is -2.19. The van der Waals surface area contributed by atoms with Crippen LogP contribution in [-0.4, -0.2) is 0 Å². The molecule has 0 unspecified atom stereocenters. The minimum absolute atomic E-state index is 0.140. The molecule has 0 aliphatic rings. The predicted molar refractivity (Wildman–Crippen MR) is 75.9 cm³/mol. The maximum absolute atomic E-state index is 13.0. The molecule has 0 amide bonds. The second-order valence-corrected chi connectivity index (χ2v) is 5.69. The zero-order valence-electron chi connectivity index (χ0n) is 11.6. The summed E-state index contributed by atoms with van der Waals surface area (Å²) in [6, 6.07) is 14.5. The van der Waals surface area contributed by atoms with Gasteiger partial charge in [-0.1, -0.05) is 45.0 Å². The van der Waals surface area contributed by atoms with E-state index in [0.29, 0.717) is 6.61 Å². The highest BCUT2D eigenvalue weighted by molar-refractivity contribution is 5.31. The number of hydrogen-bond acceptors (Lipinski definition) is 1. The lowest BCUT2D eigenvalue weighted by Crippen LogP contribution is -2.10. The van der Waals surface area contributed by atoms with E-state index in [-0.39, 0.29) is 11.2 Å². The van der Waals surface area contributed by atoms with Crippen LogP contribution in [0.25, 0.3) is 0 Å². The van der Waals surface area contributed by atoms with E-state index < -0.39 is 0 Å². The Morgan fingerprint density at radius 3 is 2.26 bits per heavy atom. The highest BCUT2D eigenvalue weighted by Gasteiger charge is 2.12. The van der Waals surface area contributed by atoms with Crippen molar-refractivity contribution in [3.8, 4) is 5.75 Å². The largest absolute Gasteiger partial charge is 0.489 e. The molecule has 0 spiro atoms. The van der Waals surface area contributed by atoms with Gasteiger partial charge in [0.2, 0.25) is 0 Å². The van der Waals surface area contributed by atoms with E-state index in [1.165, 1.54) is 17.7 Å². The predicted octanol–water partition coefficient (Wildman–Crippen LogP) is 4.70. The van der Waals surface area contributed by atoms with Crippen LogP contribution in [0.2, 0.25) is 0 Å². The average molecular weight is 258 g/mol. The van der Waals surface area contributed by atoms with Crippen LogP contribution in [0.3, 0.4) is 0 Å². The Labute approximate surface area is 114 Å². The third-order valence-electron chi connectivity index (χ3n) is 3.01. The molecule has 2 aromatic rings. The van der Waals surface area contributed by atoms with Gasteiger partial charge in [-0.3, -0.25) is 0 Å². The third kappa shape index (κ3) is 3.82. The van der Waals surface area contributed by atoms with Crippen molar-refractivity contribution in [1.82, 2.24) is 0 Å². The summed E-state index contributed by atoms with van der Waals surface area (Å²) in [5.41, 5.74) is 2.24. The summed E-state index contributed by atoms with van der Waals surface area (Å²) in [6.07, 6.45) is 0. The minimum Gasteiger partial charge on any atom is -0.489 e. The SMILES string of the molecule is CC(C)(C)c1ccc(OCc2cccc(F)c2)cc1. The Kier molecular flexibility index (Phi) is 3.89. The molecule has 0 saturated heterocycles. The molecule has 2 aromatic carbocycles. The van der Waals surface area contributed by atoms with Crippen LogP contribution < -0.4 is 4.74 Å². The Balaban J connectivity index is 2.01. The number of benzene rings is 2. The Morgan fingerprint density at radius 1 is 1.00 bits per heavy atom. The van der Waals surface area contributed by atoms with Crippen molar-refractivity contribution < 1.29 is 9.13 Å². The van der Waals surface area contributed by atoms with E-state index >= 15 is 0 Å². The first-order chi connectivity index (χ1) is 8.95. The van der Waals surface area contributed by atoms with Gasteiger partial charge < -0.3 is 4.74 Å². The molecule has 0 N–H and O–H groups in total. The average Bonchev–Trinajstić information content (AvgIpc) is 2.36. The number of hydrogen-bond donors (Lipinski definition) is 0. The summed E-state index contributed by atoms with van der Waals surface area (Å²) in [6.45, 7) is 6.91. The molecule has 100 valence electrons. The summed E-state index contributed by atoms with van der Waals surface area (Å²) >= 11 is 0. The zero-order valence-corrected chi connectivity index (χ0v) is 11.6. The van der Waals surface area contributed by atoms with Gasteiger partial charge in [0.15, 0.2) is 0 Å². The van der Waals surface area contributed by atoms with Gasteiger partial charge in [-0.05, 0) is 40.8 Å². The van der Waals surface area contributed by atoms with Gasteiger partial charge >= 0.3 is 0 Å². The van der Waals surface area contributed by atoms with Gasteiger partial charge in [0.05, 0.1) is 0 Å². The molecule has 0 atom stereocenters. The molecule has 0 bridgehead atoms. The van der Waals surface area contributed by atoms with E-state index in [2.05, 4.69) is 32.9 Å². The highest BCUT2D eigenvalue weighted by atomic mass is 19.1. The highest BCUT2D eigenvalue weighted by Crippen LogP contribution is 2.24. The molecular formula is C17H19FO. The number of ether oxygens (including phenoxy) is 1. The maximum atomic E-state index is 13.0. The first-order valence-electron chi connectivity index (χ1n) is 6.43. The molecule has 2 heteroatoms. The fourth-order valence-corrected chi connectivity index (χ4v) is 1.84. The molecule has 0 aliphatic carbocycles. The first-order valence-corrected chi connectivity index (χ1v) is 6.43. The quantitative estimate of drug-likeness (QED) is 0.775. The van der Waals surface area contributed by atoms with Gasteiger partial charge in [0.25, 0.3) is 0 Å². The number of rotatable bonds is 3. The lowest BCUT2D eigenvalue weighted by molar-refractivity contribution is 0.305. The Bertz CT molecular complexity index is 538. The van der Waals surface area contributed by atoms with Crippen molar-refractivity contribution in [2.75, 3.05) is 0 Å². The van der Waals surface area contributed by atoms with Gasteiger partial charge in [-0.25, -0.2) is 4.39 Å². The second-order valence-electron chi connectivity index (χ2n) is 5.69. The summed E-state index contributed by atoms with van der Waals surface area (Å²) in [5.74, 6) is 0.571. The van der Waals surface area contributed by atoms with Gasteiger partial charge in [0.1, 0.15) is 18.2 Å². The van der Waals surface area contributed by atoms with Crippen LogP contribution in [0.5, 0.6) is 5.75 Å². The molecule has 0 heterocycles. The molecule has 0 aromatic heterocycles. The topological polar surface area (TPSA) is 9.23 Å². The van der Waals surface area contributed by atoms with Crippen LogP contribution in [-0.2, 0) is 12.0 Å². The molecule has 0 saturated carbocycles. The van der Waals surface area contributed by atoms with Crippen LogP contribution in [0, 0.1) is 5.82 Å². The van der Waals surface area contributed by atoms with Crippen LogP contribution in [0.15, 0.2) is 48.5 Å². The van der Waals surface area contributed by atoms with Crippen molar-refractivity contribution in [2.45, 2.75) is 32.8 Å². The summed E-state index contributed by atoms with van der Waals surface area (Å²) in [5, 5.41) is 0. The maximum Gasteiger partial charge on any atom is 0.123 e. The van der Waals surface area contributed by atoms with E-state index in [1.54, 1.807) is 6.07 Å². The smallest absolute Gasteiger partial charge is 0.123 e. The fraction of sp³-hybridized carbons (Fsp3) is 0.294. The van der Waals surface area contributed by atoms with Crippen molar-refractivity contribution >= 4 is 0 Å². The van der Waals surface area contributed by atoms with Crippen LogP contribution in [0.4, 0.5) is 4.39 Å². The van der Waals surface area contributed by atoms with E-state index in [4.69, 9.17) is 4.74 Å². The van der Waals surface area contributed by atoms with Gasteiger partial charge in [-0.15, -0.1) is 0 Å². The molecule has 0 aliphatic heterocycles. The minimum atomic E-state index is -0.232. The van der Waals surface area contributed by atoms with Crippen molar-refractivity contribution in [3.63, 3.8) is 0 Å². The number of halogens is 1. The first kappa shape index (κ1) is 13.6. The van der Waals surface area contributed by atoms with E-state index in [9.17, 15) is 4.39 Å². The summed E-state index contributed by atoms with van der Waals surface area (Å²) in [4.78, 5) is 0. The van der Waals surface area contributed by atoms with Crippen LogP contribution >= 0.6 is 0 Å². The molecule has 0 fully saturated rings. The normalized spacial score (nSPS) is 11.4. The lowest BCUT2D eigenvalue weighted by atomic mass is 9.87. The summed E-state index contributed by atoms with van der Waals surface area (Å²) in [7, 11) is 0. The van der Waals surface area contributed by atoms with E-state index in [0.717, 1.165) is 11.3 Å². The fourth-order valence-electron chi connectivity index (χ4n) is 1.84. The Hall–Kier alpha value is -1.83. The molecule has 0 radical (unpaired) electrons.